The van der Waals surface area contributed by atoms with Gasteiger partial charge in [0.25, 0.3) is 0 Å². The Kier molecular flexibility index (Phi) is 6.06. The normalized spacial score (nSPS) is 11.0. The van der Waals surface area contributed by atoms with Gasteiger partial charge in [0.05, 0.1) is 15.9 Å². The largest absolute Gasteiger partial charge is 0.311 e. The molecule has 0 aliphatic rings. The van der Waals surface area contributed by atoms with Crippen LogP contribution in [-0.2, 0) is 20.0 Å². The van der Waals surface area contributed by atoms with Gasteiger partial charge in [-0.05, 0) is 35.3 Å². The molecule has 4 heteroatoms. The fourth-order valence-electron chi connectivity index (χ4n) is 1.72. The Bertz CT molecular complexity index is 320. The molecule has 3 nitrogen and oxygen atoms in total. The number of aromatic nitrogens is 2. The predicted molar refractivity (Wildman–Crippen MR) is 71.5 cm³/mol. The maximum atomic E-state index is 4.47. The van der Waals surface area contributed by atoms with Crippen molar-refractivity contribution < 1.29 is 0 Å². The fraction of sp³-hybridized carbons (Fsp3) is 0.750. The second-order valence-corrected chi connectivity index (χ2v) is 4.86. The van der Waals surface area contributed by atoms with Crippen molar-refractivity contribution in [3.63, 3.8) is 0 Å². The van der Waals surface area contributed by atoms with Gasteiger partial charge in [0.1, 0.15) is 0 Å². The van der Waals surface area contributed by atoms with Crippen LogP contribution in [0.3, 0.4) is 0 Å². The van der Waals surface area contributed by atoms with Gasteiger partial charge in [-0.2, -0.15) is 5.10 Å². The zero-order valence-electron chi connectivity index (χ0n) is 10.5. The Labute approximate surface area is 107 Å². The van der Waals surface area contributed by atoms with E-state index in [1.54, 1.807) is 0 Å². The molecule has 92 valence electrons. The topological polar surface area (TPSA) is 29.9 Å². The van der Waals surface area contributed by atoms with Crippen molar-refractivity contribution in [3.8, 4) is 0 Å². The van der Waals surface area contributed by atoms with Gasteiger partial charge in [-0.1, -0.05) is 26.7 Å². The summed E-state index contributed by atoms with van der Waals surface area (Å²) in [6, 6.07) is 0. The molecule has 1 heterocycles. The molecule has 0 saturated carbocycles. The minimum absolute atomic E-state index is 0.897. The van der Waals surface area contributed by atoms with E-state index in [2.05, 4.69) is 40.2 Å². The average molecular weight is 288 g/mol. The van der Waals surface area contributed by atoms with Crippen molar-refractivity contribution in [2.75, 3.05) is 6.54 Å². The zero-order chi connectivity index (χ0) is 12.0. The van der Waals surface area contributed by atoms with Crippen LogP contribution in [0.4, 0.5) is 0 Å². The summed E-state index contributed by atoms with van der Waals surface area (Å²) < 4.78 is 3.14. The maximum absolute atomic E-state index is 4.47. The van der Waals surface area contributed by atoms with Crippen LogP contribution in [0, 0.1) is 0 Å². The maximum Gasteiger partial charge on any atom is 0.0767 e. The summed E-state index contributed by atoms with van der Waals surface area (Å²) in [5.74, 6) is 0. The van der Waals surface area contributed by atoms with Crippen LogP contribution >= 0.6 is 15.9 Å². The van der Waals surface area contributed by atoms with Crippen molar-refractivity contribution in [3.05, 3.63) is 15.9 Å². The fourth-order valence-corrected chi connectivity index (χ4v) is 2.48. The minimum atomic E-state index is 0.897. The van der Waals surface area contributed by atoms with E-state index in [0.29, 0.717) is 0 Å². The molecule has 1 aromatic rings. The lowest BCUT2D eigenvalue weighted by Gasteiger charge is -2.05. The summed E-state index contributed by atoms with van der Waals surface area (Å²) >= 11 is 3.62. The molecule has 0 fully saturated rings. The Morgan fingerprint density at radius 2 is 2.06 bits per heavy atom. The number of rotatable bonds is 7. The third kappa shape index (κ3) is 3.59. The first-order chi connectivity index (χ1) is 7.70. The molecule has 0 atom stereocenters. The molecule has 0 aliphatic carbocycles. The summed E-state index contributed by atoms with van der Waals surface area (Å²) in [5, 5.41) is 7.94. The quantitative estimate of drug-likeness (QED) is 0.782. The van der Waals surface area contributed by atoms with Gasteiger partial charge >= 0.3 is 0 Å². The first-order valence-electron chi connectivity index (χ1n) is 6.11. The van der Waals surface area contributed by atoms with Gasteiger partial charge < -0.3 is 5.32 Å². The summed E-state index contributed by atoms with van der Waals surface area (Å²) in [6.45, 7) is 6.34. The van der Waals surface area contributed by atoms with E-state index in [4.69, 9.17) is 0 Å². The van der Waals surface area contributed by atoms with Crippen LogP contribution in [-0.4, -0.2) is 16.3 Å². The van der Waals surface area contributed by atoms with E-state index in [1.165, 1.54) is 29.4 Å². The van der Waals surface area contributed by atoms with Gasteiger partial charge in [-0.15, -0.1) is 0 Å². The number of nitrogens with one attached hydrogen (secondary N) is 1. The number of halogens is 1. The highest BCUT2D eigenvalue weighted by Gasteiger charge is 2.11. The standard InChI is InChI=1S/C12H22BrN3/c1-4-6-7-8-14-9-11-12(13)10(5-2)15-16(11)3/h14H,4-9H2,1-3H3. The van der Waals surface area contributed by atoms with Crippen LogP contribution in [0.15, 0.2) is 4.47 Å². The first kappa shape index (κ1) is 13.7. The Morgan fingerprint density at radius 1 is 1.31 bits per heavy atom. The van der Waals surface area contributed by atoms with Gasteiger partial charge in [-0.3, -0.25) is 4.68 Å². The zero-order valence-corrected chi connectivity index (χ0v) is 12.1. The SMILES string of the molecule is CCCCCNCc1c(Br)c(CC)nn1C. The number of aryl methyl sites for hydroxylation is 2. The molecule has 0 unspecified atom stereocenters. The molecule has 0 aliphatic heterocycles. The number of unbranched alkanes of at least 4 members (excludes halogenated alkanes) is 2. The summed E-state index contributed by atoms with van der Waals surface area (Å²) in [5.41, 5.74) is 2.39. The van der Waals surface area contributed by atoms with E-state index in [9.17, 15) is 0 Å². The third-order valence-corrected chi connectivity index (χ3v) is 3.67. The molecule has 0 bridgehead atoms. The van der Waals surface area contributed by atoms with Crippen LogP contribution < -0.4 is 5.32 Å². The van der Waals surface area contributed by atoms with Crippen molar-refractivity contribution in [1.82, 2.24) is 15.1 Å². The highest BCUT2D eigenvalue weighted by Crippen LogP contribution is 2.21. The summed E-state index contributed by atoms with van der Waals surface area (Å²) in [6.07, 6.45) is 4.81. The van der Waals surface area contributed by atoms with Crippen molar-refractivity contribution in [1.29, 1.82) is 0 Å². The second kappa shape index (κ2) is 7.07. The molecule has 0 radical (unpaired) electrons. The number of hydrogen-bond donors (Lipinski definition) is 1. The van der Waals surface area contributed by atoms with Gasteiger partial charge in [0, 0.05) is 13.6 Å². The van der Waals surface area contributed by atoms with Crippen LogP contribution in [0.1, 0.15) is 44.5 Å². The molecule has 0 amide bonds. The van der Waals surface area contributed by atoms with Gasteiger partial charge in [0.2, 0.25) is 0 Å². The number of hydrogen-bond acceptors (Lipinski definition) is 2. The third-order valence-electron chi connectivity index (χ3n) is 2.75. The molecule has 0 spiro atoms. The molecule has 1 aromatic heterocycles. The highest BCUT2D eigenvalue weighted by molar-refractivity contribution is 9.10. The van der Waals surface area contributed by atoms with E-state index in [-0.39, 0.29) is 0 Å². The van der Waals surface area contributed by atoms with Crippen LogP contribution in [0.2, 0.25) is 0 Å². The van der Waals surface area contributed by atoms with Crippen molar-refractivity contribution in [2.45, 2.75) is 46.1 Å². The van der Waals surface area contributed by atoms with E-state index >= 15 is 0 Å². The Morgan fingerprint density at radius 3 is 2.62 bits per heavy atom. The summed E-state index contributed by atoms with van der Waals surface area (Å²) in [7, 11) is 2.01. The smallest absolute Gasteiger partial charge is 0.0767 e. The van der Waals surface area contributed by atoms with Crippen molar-refractivity contribution in [2.24, 2.45) is 7.05 Å². The van der Waals surface area contributed by atoms with Crippen LogP contribution in [0.25, 0.3) is 0 Å². The Balaban J connectivity index is 2.44. The van der Waals surface area contributed by atoms with E-state index in [0.717, 1.165) is 25.2 Å². The second-order valence-electron chi connectivity index (χ2n) is 4.07. The molecule has 0 saturated heterocycles. The minimum Gasteiger partial charge on any atom is -0.311 e. The molecule has 16 heavy (non-hydrogen) atoms. The Hall–Kier alpha value is -0.350. The lowest BCUT2D eigenvalue weighted by Crippen LogP contribution is -2.17. The monoisotopic (exact) mass is 287 g/mol. The van der Waals surface area contributed by atoms with Gasteiger partial charge in [0.15, 0.2) is 0 Å². The lowest BCUT2D eigenvalue weighted by atomic mass is 10.2. The van der Waals surface area contributed by atoms with Crippen LogP contribution in [0.5, 0.6) is 0 Å². The molecular weight excluding hydrogens is 266 g/mol. The highest BCUT2D eigenvalue weighted by atomic mass is 79.9. The molecule has 1 rings (SSSR count). The van der Waals surface area contributed by atoms with E-state index < -0.39 is 0 Å². The number of nitrogens with zero attached hydrogens (tertiary/aromatic N) is 2. The molecule has 1 N–H and O–H groups in total. The predicted octanol–water partition coefficient (Wildman–Crippen LogP) is 3.02. The van der Waals surface area contributed by atoms with Crippen molar-refractivity contribution >= 4 is 15.9 Å². The summed E-state index contributed by atoms with van der Waals surface area (Å²) in [4.78, 5) is 0. The first-order valence-corrected chi connectivity index (χ1v) is 6.90. The van der Waals surface area contributed by atoms with Gasteiger partial charge in [-0.25, -0.2) is 0 Å². The van der Waals surface area contributed by atoms with E-state index in [1.807, 2.05) is 11.7 Å². The lowest BCUT2D eigenvalue weighted by molar-refractivity contribution is 0.586. The molecular formula is C12H22BrN3. The average Bonchev–Trinajstić information content (AvgIpc) is 2.55. The molecule has 0 aromatic carbocycles.